The maximum Gasteiger partial charge on any atom is 0.271 e. The zero-order valence-corrected chi connectivity index (χ0v) is 12.4. The molecule has 0 aromatic heterocycles. The number of rotatable bonds is 8. The minimum absolute atomic E-state index is 0.0449. The van der Waals surface area contributed by atoms with Crippen molar-refractivity contribution in [3.63, 3.8) is 0 Å². The average Bonchev–Trinajstić information content (AvgIpc) is 2.65. The van der Waals surface area contributed by atoms with E-state index < -0.39 is 25.2 Å². The average molecular weight is 298 g/mol. The molecule has 0 unspecified atom stereocenters. The first-order valence-electron chi connectivity index (χ1n) is 6.46. The Morgan fingerprint density at radius 1 is 1.17 bits per heavy atom. The fourth-order valence-electron chi connectivity index (χ4n) is 1.97. The zero-order valence-electron chi connectivity index (χ0n) is 10.8. The molecular weight excluding hydrogens is 276 g/mol. The molecule has 0 aromatic rings. The Morgan fingerprint density at radius 3 is 2.39 bits per heavy atom. The van der Waals surface area contributed by atoms with Crippen molar-refractivity contribution in [3.8, 4) is 0 Å². The van der Waals surface area contributed by atoms with Crippen LogP contribution in [0.15, 0.2) is 0 Å². The molecule has 1 fully saturated rings. The van der Waals surface area contributed by atoms with E-state index in [0.29, 0.717) is 6.42 Å². The van der Waals surface area contributed by atoms with Crippen molar-refractivity contribution in [2.45, 2.75) is 50.7 Å². The summed E-state index contributed by atoms with van der Waals surface area (Å²) in [6, 6.07) is 0. The van der Waals surface area contributed by atoms with E-state index in [4.69, 9.17) is 4.18 Å². The molecule has 0 aliphatic carbocycles. The summed E-state index contributed by atoms with van der Waals surface area (Å²) in [5, 5.41) is -0.863. The van der Waals surface area contributed by atoms with Gasteiger partial charge in [0.05, 0.1) is 18.1 Å². The molecule has 7 heteroatoms. The van der Waals surface area contributed by atoms with Crippen LogP contribution >= 0.6 is 0 Å². The van der Waals surface area contributed by atoms with Crippen molar-refractivity contribution < 1.29 is 21.0 Å². The van der Waals surface area contributed by atoms with Crippen LogP contribution < -0.4 is 0 Å². The highest BCUT2D eigenvalue weighted by Crippen LogP contribution is 2.20. The summed E-state index contributed by atoms with van der Waals surface area (Å²) >= 11 is 0. The van der Waals surface area contributed by atoms with E-state index in [-0.39, 0.29) is 24.5 Å². The Balaban J connectivity index is 2.28. The Morgan fingerprint density at radius 2 is 1.83 bits per heavy atom. The SMILES string of the molecule is CCCCCCCOS(=O)(=O)[C@@H]1CCS(=O)(=O)C1. The molecule has 1 heterocycles. The number of hydrogen-bond donors (Lipinski definition) is 0. The second-order valence-electron chi connectivity index (χ2n) is 4.75. The van der Waals surface area contributed by atoms with Gasteiger partial charge in [0.1, 0.15) is 5.25 Å². The number of unbranched alkanes of at least 4 members (excludes halogenated alkanes) is 4. The number of sulfone groups is 1. The molecule has 0 saturated carbocycles. The van der Waals surface area contributed by atoms with Crippen LogP contribution in [0.25, 0.3) is 0 Å². The van der Waals surface area contributed by atoms with Gasteiger partial charge in [0.15, 0.2) is 9.84 Å². The van der Waals surface area contributed by atoms with E-state index in [2.05, 4.69) is 6.92 Å². The molecule has 0 bridgehead atoms. The van der Waals surface area contributed by atoms with Gasteiger partial charge in [0.2, 0.25) is 0 Å². The Hall–Kier alpha value is -0.140. The van der Waals surface area contributed by atoms with E-state index in [1.165, 1.54) is 0 Å². The first-order valence-corrected chi connectivity index (χ1v) is 9.75. The molecule has 5 nitrogen and oxygen atoms in total. The summed E-state index contributed by atoms with van der Waals surface area (Å²) < 4.78 is 50.8. The molecule has 0 N–H and O–H groups in total. The smallest absolute Gasteiger partial charge is 0.270 e. The van der Waals surface area contributed by atoms with E-state index in [1.54, 1.807) is 0 Å². The monoisotopic (exact) mass is 298 g/mol. The first kappa shape index (κ1) is 15.9. The van der Waals surface area contributed by atoms with E-state index in [0.717, 1.165) is 25.7 Å². The third-order valence-corrected chi connectivity index (χ3v) is 6.79. The van der Waals surface area contributed by atoms with Crippen LogP contribution in [0.4, 0.5) is 0 Å². The van der Waals surface area contributed by atoms with Crippen LogP contribution in [0.1, 0.15) is 45.4 Å². The molecule has 0 aromatic carbocycles. The second-order valence-corrected chi connectivity index (χ2v) is 8.87. The summed E-state index contributed by atoms with van der Waals surface area (Å²) in [5.41, 5.74) is 0. The normalized spacial score (nSPS) is 23.3. The molecule has 1 aliphatic heterocycles. The summed E-state index contributed by atoms with van der Waals surface area (Å²) in [6.07, 6.45) is 5.19. The van der Waals surface area contributed by atoms with E-state index in [1.807, 2.05) is 0 Å². The third-order valence-electron chi connectivity index (χ3n) is 3.09. The predicted octanol–water partition coefficient (Wildman–Crippen LogP) is 1.49. The van der Waals surface area contributed by atoms with Gasteiger partial charge in [-0.05, 0) is 12.8 Å². The minimum atomic E-state index is -3.70. The molecule has 0 radical (unpaired) electrons. The molecule has 0 amide bonds. The quantitative estimate of drug-likeness (QED) is 0.501. The van der Waals surface area contributed by atoms with Gasteiger partial charge >= 0.3 is 0 Å². The summed E-state index contributed by atoms with van der Waals surface area (Å²) in [7, 11) is -6.88. The highest BCUT2D eigenvalue weighted by molar-refractivity contribution is 7.94. The van der Waals surface area contributed by atoms with Crippen molar-refractivity contribution in [2.75, 3.05) is 18.1 Å². The summed E-state index contributed by atoms with van der Waals surface area (Å²) in [6.45, 7) is 2.28. The van der Waals surface area contributed by atoms with E-state index >= 15 is 0 Å². The lowest BCUT2D eigenvalue weighted by Crippen LogP contribution is -2.25. The van der Waals surface area contributed by atoms with Crippen molar-refractivity contribution in [1.82, 2.24) is 0 Å². The highest BCUT2D eigenvalue weighted by atomic mass is 32.2. The lowest BCUT2D eigenvalue weighted by molar-refractivity contribution is 0.302. The van der Waals surface area contributed by atoms with Gasteiger partial charge in [-0.2, -0.15) is 8.42 Å². The van der Waals surface area contributed by atoms with Crippen LogP contribution in [0, 0.1) is 0 Å². The van der Waals surface area contributed by atoms with Gasteiger partial charge in [-0.25, -0.2) is 8.42 Å². The molecule has 1 aliphatic rings. The lowest BCUT2D eigenvalue weighted by atomic mass is 10.2. The Bertz CT molecular complexity index is 438. The van der Waals surface area contributed by atoms with Gasteiger partial charge in [-0.3, -0.25) is 4.18 Å². The van der Waals surface area contributed by atoms with Crippen molar-refractivity contribution in [1.29, 1.82) is 0 Å². The van der Waals surface area contributed by atoms with Crippen LogP contribution in [0.3, 0.4) is 0 Å². The minimum Gasteiger partial charge on any atom is -0.270 e. The molecular formula is C11H22O5S2. The van der Waals surface area contributed by atoms with Gasteiger partial charge in [-0.1, -0.05) is 32.6 Å². The fourth-order valence-corrected chi connectivity index (χ4v) is 5.90. The Labute approximate surface area is 110 Å². The van der Waals surface area contributed by atoms with Gasteiger partial charge in [-0.15, -0.1) is 0 Å². The third kappa shape index (κ3) is 5.24. The molecule has 1 atom stereocenters. The summed E-state index contributed by atoms with van der Waals surface area (Å²) in [4.78, 5) is 0. The fraction of sp³-hybridized carbons (Fsp3) is 1.00. The topological polar surface area (TPSA) is 77.5 Å². The largest absolute Gasteiger partial charge is 0.271 e. The maximum atomic E-state index is 11.7. The Kier molecular flexibility index (Phi) is 6.07. The van der Waals surface area contributed by atoms with Gasteiger partial charge < -0.3 is 0 Å². The van der Waals surface area contributed by atoms with Gasteiger partial charge in [0.25, 0.3) is 10.1 Å². The maximum absolute atomic E-state index is 11.7. The molecule has 0 spiro atoms. The predicted molar refractivity (Wildman–Crippen MR) is 70.7 cm³/mol. The van der Waals surface area contributed by atoms with Crippen LogP contribution in [-0.2, 0) is 24.1 Å². The van der Waals surface area contributed by atoms with Crippen molar-refractivity contribution >= 4 is 20.0 Å². The first-order chi connectivity index (χ1) is 8.37. The lowest BCUT2D eigenvalue weighted by Gasteiger charge is -2.09. The van der Waals surface area contributed by atoms with E-state index in [9.17, 15) is 16.8 Å². The molecule has 1 saturated heterocycles. The standard InChI is InChI=1S/C11H22O5S2/c1-2-3-4-5-6-8-16-18(14,15)11-7-9-17(12,13)10-11/h11H,2-10H2,1H3/t11-/m1/s1. The van der Waals surface area contributed by atoms with Crippen molar-refractivity contribution in [3.05, 3.63) is 0 Å². The van der Waals surface area contributed by atoms with Crippen LogP contribution in [0.2, 0.25) is 0 Å². The van der Waals surface area contributed by atoms with Gasteiger partial charge in [0, 0.05) is 0 Å². The second kappa shape index (κ2) is 6.86. The molecule has 1 rings (SSSR count). The zero-order chi connectivity index (χ0) is 13.6. The van der Waals surface area contributed by atoms with Crippen molar-refractivity contribution in [2.24, 2.45) is 0 Å². The summed E-state index contributed by atoms with van der Waals surface area (Å²) in [5.74, 6) is -0.331. The number of hydrogen-bond acceptors (Lipinski definition) is 5. The van der Waals surface area contributed by atoms with Crippen LogP contribution in [-0.4, -0.2) is 40.2 Å². The molecule has 108 valence electrons. The van der Waals surface area contributed by atoms with Crippen LogP contribution in [0.5, 0.6) is 0 Å². The highest BCUT2D eigenvalue weighted by Gasteiger charge is 2.37. The molecule has 18 heavy (non-hydrogen) atoms.